The van der Waals surface area contributed by atoms with Crippen molar-refractivity contribution in [1.82, 2.24) is 15.5 Å². The molecule has 0 saturated carbocycles. The Labute approximate surface area is 293 Å². The van der Waals surface area contributed by atoms with Crippen LogP contribution in [0, 0.1) is 5.92 Å². The Kier molecular flexibility index (Phi) is 16.1. The molecule has 3 N–H and O–H groups in total. The van der Waals surface area contributed by atoms with Gasteiger partial charge in [0.25, 0.3) is 0 Å². The van der Waals surface area contributed by atoms with Crippen LogP contribution in [-0.4, -0.2) is 63.7 Å². The van der Waals surface area contributed by atoms with Crippen molar-refractivity contribution in [3.05, 3.63) is 65.7 Å². The molecule has 272 valence electrons. The average Bonchev–Trinajstić information content (AvgIpc) is 2.99. The zero-order chi connectivity index (χ0) is 36.8. The first-order chi connectivity index (χ1) is 22.9. The van der Waals surface area contributed by atoms with E-state index in [4.69, 9.17) is 9.47 Å². The maximum atomic E-state index is 14.6. The fourth-order valence-electron chi connectivity index (χ4n) is 5.35. The van der Waals surface area contributed by atoms with Gasteiger partial charge in [-0.25, -0.2) is 9.59 Å². The summed E-state index contributed by atoms with van der Waals surface area (Å²) in [5.74, 6) is -1.99. The molecule has 0 aliphatic rings. The third-order valence-electron chi connectivity index (χ3n) is 7.70. The number of unbranched alkanes of at least 4 members (excludes halogenated alkanes) is 5. The number of hydrogen-bond donors (Lipinski definition) is 3. The van der Waals surface area contributed by atoms with Gasteiger partial charge in [-0.1, -0.05) is 95.3 Å². The molecular formula is C39H59N3O7. The number of aromatic hydroxyl groups is 1. The fourth-order valence-corrected chi connectivity index (χ4v) is 5.35. The lowest BCUT2D eigenvalue weighted by atomic mass is 9.97. The minimum absolute atomic E-state index is 0.000864. The van der Waals surface area contributed by atoms with Gasteiger partial charge in [-0.05, 0) is 77.1 Å². The van der Waals surface area contributed by atoms with E-state index < -0.39 is 53.2 Å². The molecule has 0 aliphatic heterocycles. The van der Waals surface area contributed by atoms with Gasteiger partial charge in [0.2, 0.25) is 11.8 Å². The summed E-state index contributed by atoms with van der Waals surface area (Å²) < 4.78 is 11.2. The Morgan fingerprint density at radius 2 is 1.35 bits per heavy atom. The molecule has 10 heteroatoms. The number of carbonyl (C=O) groups excluding carboxylic acids is 4. The number of alkyl carbamates (subject to hydrolysis) is 1. The molecule has 3 unspecified atom stereocenters. The van der Waals surface area contributed by atoms with Crippen LogP contribution in [0.4, 0.5) is 4.79 Å². The molecule has 0 fully saturated rings. The van der Waals surface area contributed by atoms with E-state index in [9.17, 15) is 24.3 Å². The number of phenols is 1. The van der Waals surface area contributed by atoms with Gasteiger partial charge >= 0.3 is 12.1 Å². The number of ether oxygens (including phenoxy) is 2. The quantitative estimate of drug-likeness (QED) is 0.118. The van der Waals surface area contributed by atoms with Crippen LogP contribution in [-0.2, 0) is 30.3 Å². The van der Waals surface area contributed by atoms with Gasteiger partial charge in [0.15, 0.2) is 0 Å². The van der Waals surface area contributed by atoms with E-state index in [0.29, 0.717) is 12.0 Å². The van der Waals surface area contributed by atoms with Crippen LogP contribution in [0.3, 0.4) is 0 Å². The van der Waals surface area contributed by atoms with Crippen LogP contribution in [0.5, 0.6) is 5.75 Å². The molecule has 3 amide bonds. The SMILES string of the molecule is CCCCCCCCN(C(=O)C(NC(=O)OC(C)(C)C)C(C)C)C(C(=O)NC(Cc1ccccc1)C(=O)OC(C)(C)C)c1ccc(O)cc1. The molecule has 49 heavy (non-hydrogen) atoms. The van der Waals surface area contributed by atoms with Gasteiger partial charge in [0.1, 0.15) is 35.1 Å². The average molecular weight is 682 g/mol. The zero-order valence-electron chi connectivity index (χ0n) is 31.0. The smallest absolute Gasteiger partial charge is 0.408 e. The van der Waals surface area contributed by atoms with Crippen LogP contribution in [0.25, 0.3) is 0 Å². The van der Waals surface area contributed by atoms with Crippen molar-refractivity contribution in [2.75, 3.05) is 6.54 Å². The predicted molar refractivity (Wildman–Crippen MR) is 192 cm³/mol. The number of hydrogen-bond acceptors (Lipinski definition) is 7. The van der Waals surface area contributed by atoms with Gasteiger partial charge < -0.3 is 30.1 Å². The first-order valence-electron chi connectivity index (χ1n) is 17.6. The third-order valence-corrected chi connectivity index (χ3v) is 7.70. The van der Waals surface area contributed by atoms with E-state index >= 15 is 0 Å². The number of benzene rings is 2. The van der Waals surface area contributed by atoms with Crippen LogP contribution in [0.15, 0.2) is 54.6 Å². The molecule has 2 rings (SSSR count). The Hall–Kier alpha value is -4.08. The van der Waals surface area contributed by atoms with Gasteiger partial charge in [-0.15, -0.1) is 0 Å². The molecule has 3 atom stereocenters. The number of nitrogens with one attached hydrogen (secondary N) is 2. The molecular weight excluding hydrogens is 622 g/mol. The molecule has 0 spiro atoms. The van der Waals surface area contributed by atoms with Crippen molar-refractivity contribution < 1.29 is 33.8 Å². The van der Waals surface area contributed by atoms with E-state index in [1.54, 1.807) is 53.7 Å². The highest BCUT2D eigenvalue weighted by atomic mass is 16.6. The maximum Gasteiger partial charge on any atom is 0.408 e. The van der Waals surface area contributed by atoms with E-state index in [1.165, 1.54) is 17.0 Å². The molecule has 0 heterocycles. The highest BCUT2D eigenvalue weighted by Gasteiger charge is 2.39. The van der Waals surface area contributed by atoms with E-state index in [2.05, 4.69) is 17.6 Å². The molecule has 0 saturated heterocycles. The Morgan fingerprint density at radius 1 is 0.776 bits per heavy atom. The molecule has 10 nitrogen and oxygen atoms in total. The molecule has 0 bridgehead atoms. The van der Waals surface area contributed by atoms with Crippen LogP contribution >= 0.6 is 0 Å². The molecule has 0 aliphatic carbocycles. The fraction of sp³-hybridized carbons (Fsp3) is 0.590. The third kappa shape index (κ3) is 14.9. The van der Waals surface area contributed by atoms with Gasteiger partial charge in [-0.3, -0.25) is 9.59 Å². The predicted octanol–water partition coefficient (Wildman–Crippen LogP) is 7.24. The van der Waals surface area contributed by atoms with Gasteiger partial charge in [0, 0.05) is 13.0 Å². The minimum atomic E-state index is -1.19. The van der Waals surface area contributed by atoms with Crippen LogP contribution in [0.2, 0.25) is 0 Å². The molecule has 0 radical (unpaired) electrons. The molecule has 2 aromatic rings. The zero-order valence-corrected chi connectivity index (χ0v) is 31.0. The van der Waals surface area contributed by atoms with Crippen molar-refractivity contribution in [1.29, 1.82) is 0 Å². The highest BCUT2D eigenvalue weighted by molar-refractivity contribution is 5.94. The van der Waals surface area contributed by atoms with Gasteiger partial charge in [0.05, 0.1) is 0 Å². The standard InChI is InChI=1S/C39H59N3O7/c1-10-11-12-13-14-18-25-42(35(45)32(27(2)3)41-37(47)49-39(7,8)9)33(29-21-23-30(43)24-22-29)34(44)40-31(36(46)48-38(4,5)6)26-28-19-16-15-17-20-28/h15-17,19-24,27,31-33,43H,10-14,18,25-26H2,1-9H3,(H,40,44)(H,41,47). The summed E-state index contributed by atoms with van der Waals surface area (Å²) in [6.45, 7) is 16.5. The lowest BCUT2D eigenvalue weighted by Gasteiger charge is -2.36. The van der Waals surface area contributed by atoms with E-state index in [1.807, 2.05) is 44.2 Å². The number of carbonyl (C=O) groups is 4. The lowest BCUT2D eigenvalue weighted by Crippen LogP contribution is -2.56. The number of amides is 3. The summed E-state index contributed by atoms with van der Waals surface area (Å²) >= 11 is 0. The number of phenolic OH excluding ortho intramolecular Hbond substituents is 1. The van der Waals surface area contributed by atoms with Crippen molar-refractivity contribution in [2.45, 2.75) is 137 Å². The first kappa shape index (κ1) is 41.1. The van der Waals surface area contributed by atoms with E-state index in [-0.39, 0.29) is 24.6 Å². The van der Waals surface area contributed by atoms with Gasteiger partial charge in [-0.2, -0.15) is 0 Å². The first-order valence-corrected chi connectivity index (χ1v) is 17.6. The second-order valence-corrected chi connectivity index (χ2v) is 14.9. The van der Waals surface area contributed by atoms with Crippen LogP contribution < -0.4 is 10.6 Å². The van der Waals surface area contributed by atoms with Crippen molar-refractivity contribution in [3.63, 3.8) is 0 Å². The lowest BCUT2D eigenvalue weighted by molar-refractivity contribution is -0.159. The number of esters is 1. The topological polar surface area (TPSA) is 134 Å². The highest BCUT2D eigenvalue weighted by Crippen LogP contribution is 2.27. The summed E-state index contributed by atoms with van der Waals surface area (Å²) in [5.41, 5.74) is -0.320. The maximum absolute atomic E-state index is 14.6. The normalized spacial score (nSPS) is 13.6. The summed E-state index contributed by atoms with van der Waals surface area (Å²) in [7, 11) is 0. The summed E-state index contributed by atoms with van der Waals surface area (Å²) in [4.78, 5) is 57.0. The van der Waals surface area contributed by atoms with Crippen LogP contribution in [0.1, 0.15) is 118 Å². The second-order valence-electron chi connectivity index (χ2n) is 14.9. The Balaban J connectivity index is 2.60. The second kappa shape index (κ2) is 19.2. The Morgan fingerprint density at radius 3 is 1.90 bits per heavy atom. The molecule has 0 aromatic heterocycles. The number of rotatable bonds is 17. The van der Waals surface area contributed by atoms with Crippen molar-refractivity contribution in [3.8, 4) is 5.75 Å². The summed E-state index contributed by atoms with van der Waals surface area (Å²) in [5, 5.41) is 15.8. The molecule has 2 aromatic carbocycles. The number of nitrogens with zero attached hydrogens (tertiary/aromatic N) is 1. The minimum Gasteiger partial charge on any atom is -0.508 e. The summed E-state index contributed by atoms with van der Waals surface area (Å²) in [6.07, 6.45) is 5.15. The van der Waals surface area contributed by atoms with Crippen molar-refractivity contribution >= 4 is 23.9 Å². The monoisotopic (exact) mass is 681 g/mol. The van der Waals surface area contributed by atoms with E-state index in [0.717, 1.165) is 37.7 Å². The largest absolute Gasteiger partial charge is 0.508 e. The summed E-state index contributed by atoms with van der Waals surface area (Å²) in [6, 6.07) is 12.1. The van der Waals surface area contributed by atoms with Crippen molar-refractivity contribution in [2.24, 2.45) is 5.92 Å². The Bertz CT molecular complexity index is 1330.